The molecule has 0 aromatic carbocycles. The number of aliphatic carboxylic acids is 1. The number of hydrogen-bond donors (Lipinski definition) is 3. The number of carboxylic acids is 1. The monoisotopic (exact) mass is 187 g/mol. The Morgan fingerprint density at radius 2 is 2.08 bits per heavy atom. The van der Waals surface area contributed by atoms with Gasteiger partial charge in [-0.3, -0.25) is 0 Å². The minimum absolute atomic E-state index is 0. The van der Waals surface area contributed by atoms with Crippen molar-refractivity contribution in [3.8, 4) is 0 Å². The molecule has 0 amide bonds. The van der Waals surface area contributed by atoms with E-state index >= 15 is 0 Å². The molecule has 1 radical (unpaired) electrons. The van der Waals surface area contributed by atoms with Crippen LogP contribution in [-0.2, 0) is 4.79 Å². The Labute approximate surface area is 90.2 Å². The number of aliphatic hydroxyl groups is 1. The summed E-state index contributed by atoms with van der Waals surface area (Å²) in [6.45, 7) is 1.15. The van der Waals surface area contributed by atoms with Gasteiger partial charge in [-0.05, 0) is 6.92 Å². The predicted molar refractivity (Wildman–Crippen MR) is 39.0 cm³/mol. The van der Waals surface area contributed by atoms with Gasteiger partial charge in [0, 0.05) is 29.6 Å². The third kappa shape index (κ3) is 5.30. The molecule has 0 aromatic rings. The average molecular weight is 187 g/mol. The second-order valence-electron chi connectivity index (χ2n) is 1.94. The summed E-state index contributed by atoms with van der Waals surface area (Å²) in [5.41, 5.74) is 1.45. The molecule has 3 N–H and O–H groups in total. The predicted octanol–water partition coefficient (Wildman–Crippen LogP) is -1.78. The molecule has 8 heteroatoms. The van der Waals surface area contributed by atoms with Gasteiger partial charge in [-0.1, -0.05) is 0 Å². The molecule has 0 aromatic heterocycles. The molecular weight excluding hydrogens is 179 g/mol. The Bertz CT molecular complexity index is 173. The standard InChI is InChI=1S/C4H8N2O5.Na/c1-2(7)3(4(8)9)5-6(10)11;/h2-3,5,7H,1H3,(H,8,9);/t2-,3+;/m1./s1. The summed E-state index contributed by atoms with van der Waals surface area (Å²) in [5, 5.41) is 25.7. The van der Waals surface area contributed by atoms with E-state index < -0.39 is 23.1 Å². The van der Waals surface area contributed by atoms with Crippen molar-refractivity contribution in [2.24, 2.45) is 0 Å². The minimum atomic E-state index is -1.56. The molecule has 0 aliphatic carbocycles. The van der Waals surface area contributed by atoms with Crippen molar-refractivity contribution in [3.05, 3.63) is 10.1 Å². The Hall–Kier alpha value is -0.370. The summed E-state index contributed by atoms with van der Waals surface area (Å²) >= 11 is 0. The number of hydrazine groups is 1. The number of carboxylic acid groups (broad SMARTS) is 1. The Balaban J connectivity index is 0. The second-order valence-corrected chi connectivity index (χ2v) is 1.94. The van der Waals surface area contributed by atoms with Crippen molar-refractivity contribution >= 4 is 35.5 Å². The molecule has 0 rings (SSSR count). The van der Waals surface area contributed by atoms with Crippen LogP contribution in [0.4, 0.5) is 0 Å². The van der Waals surface area contributed by atoms with Gasteiger partial charge in [0.25, 0.3) is 0 Å². The molecule has 0 aliphatic heterocycles. The maximum absolute atomic E-state index is 10.1. The summed E-state index contributed by atoms with van der Waals surface area (Å²) in [7, 11) is 0. The van der Waals surface area contributed by atoms with Crippen LogP contribution in [0.25, 0.3) is 0 Å². The molecule has 0 fully saturated rings. The zero-order chi connectivity index (χ0) is 9.02. The van der Waals surface area contributed by atoms with Gasteiger partial charge in [0.15, 0.2) is 5.03 Å². The molecule has 0 bridgehead atoms. The molecule has 0 unspecified atom stereocenters. The van der Waals surface area contributed by atoms with Gasteiger partial charge in [0.2, 0.25) is 6.04 Å². The van der Waals surface area contributed by atoms with E-state index in [0.29, 0.717) is 0 Å². The first-order chi connectivity index (χ1) is 4.95. The van der Waals surface area contributed by atoms with E-state index in [1.54, 1.807) is 0 Å². The largest absolute Gasteiger partial charge is 0.479 e. The number of nitrogens with one attached hydrogen (secondary N) is 1. The van der Waals surface area contributed by atoms with Crippen LogP contribution in [0.1, 0.15) is 6.92 Å². The first-order valence-electron chi connectivity index (χ1n) is 2.76. The zero-order valence-electron chi connectivity index (χ0n) is 6.72. The van der Waals surface area contributed by atoms with Gasteiger partial charge in [-0.15, -0.1) is 5.43 Å². The van der Waals surface area contributed by atoms with Crippen molar-refractivity contribution < 1.29 is 20.0 Å². The van der Waals surface area contributed by atoms with E-state index in [1.807, 2.05) is 0 Å². The Kier molecular flexibility index (Phi) is 7.30. The van der Waals surface area contributed by atoms with Crippen molar-refractivity contribution in [1.29, 1.82) is 0 Å². The summed E-state index contributed by atoms with van der Waals surface area (Å²) in [6.07, 6.45) is -1.31. The van der Waals surface area contributed by atoms with Gasteiger partial charge in [-0.2, -0.15) is 0 Å². The molecule has 0 saturated carbocycles. The van der Waals surface area contributed by atoms with E-state index in [2.05, 4.69) is 0 Å². The first-order valence-corrected chi connectivity index (χ1v) is 2.76. The van der Waals surface area contributed by atoms with Gasteiger partial charge in [0.1, 0.15) is 0 Å². The molecule has 2 atom stereocenters. The van der Waals surface area contributed by atoms with E-state index in [1.165, 1.54) is 5.43 Å². The van der Waals surface area contributed by atoms with Crippen LogP contribution in [-0.4, -0.2) is 62.9 Å². The van der Waals surface area contributed by atoms with Crippen molar-refractivity contribution in [1.82, 2.24) is 5.43 Å². The zero-order valence-corrected chi connectivity index (χ0v) is 8.72. The molecular formula is C4H8N2NaO5. The molecule has 65 valence electrons. The van der Waals surface area contributed by atoms with Crippen LogP contribution in [0.5, 0.6) is 0 Å². The Morgan fingerprint density at radius 3 is 2.17 bits per heavy atom. The van der Waals surface area contributed by atoms with Crippen LogP contribution in [0, 0.1) is 10.1 Å². The quantitative estimate of drug-likeness (QED) is 0.272. The summed E-state index contributed by atoms with van der Waals surface area (Å²) in [4.78, 5) is 19.9. The number of hydrogen-bond acceptors (Lipinski definition) is 4. The molecule has 0 spiro atoms. The van der Waals surface area contributed by atoms with Crippen LogP contribution >= 0.6 is 0 Å². The summed E-state index contributed by atoms with van der Waals surface area (Å²) < 4.78 is 0. The van der Waals surface area contributed by atoms with Crippen LogP contribution in [0.2, 0.25) is 0 Å². The fraction of sp³-hybridized carbons (Fsp3) is 0.750. The number of rotatable bonds is 4. The van der Waals surface area contributed by atoms with Gasteiger partial charge < -0.3 is 10.2 Å². The van der Waals surface area contributed by atoms with Crippen LogP contribution in [0.3, 0.4) is 0 Å². The minimum Gasteiger partial charge on any atom is -0.479 e. The third-order valence-electron chi connectivity index (χ3n) is 0.993. The van der Waals surface area contributed by atoms with Crippen molar-refractivity contribution in [3.63, 3.8) is 0 Å². The molecule has 0 saturated heterocycles. The molecule has 7 nitrogen and oxygen atoms in total. The molecule has 12 heavy (non-hydrogen) atoms. The first kappa shape index (κ1) is 14.2. The Morgan fingerprint density at radius 1 is 1.67 bits per heavy atom. The van der Waals surface area contributed by atoms with E-state index in [-0.39, 0.29) is 29.6 Å². The van der Waals surface area contributed by atoms with Gasteiger partial charge >= 0.3 is 5.97 Å². The smallest absolute Gasteiger partial charge is 0.334 e. The van der Waals surface area contributed by atoms with Crippen LogP contribution in [0.15, 0.2) is 0 Å². The van der Waals surface area contributed by atoms with Gasteiger partial charge in [-0.25, -0.2) is 14.9 Å². The van der Waals surface area contributed by atoms with Gasteiger partial charge in [0.05, 0.1) is 6.10 Å². The van der Waals surface area contributed by atoms with E-state index in [0.717, 1.165) is 6.92 Å². The number of aliphatic hydroxyl groups excluding tert-OH is 1. The maximum Gasteiger partial charge on any atom is 0.334 e. The maximum atomic E-state index is 10.1. The van der Waals surface area contributed by atoms with E-state index in [4.69, 9.17) is 10.2 Å². The molecule has 0 aliphatic rings. The molecule has 0 heterocycles. The number of carbonyl (C=O) groups is 1. The third-order valence-corrected chi connectivity index (χ3v) is 0.993. The summed E-state index contributed by atoms with van der Waals surface area (Å²) in [6, 6.07) is -1.56. The topological polar surface area (TPSA) is 113 Å². The SMILES string of the molecule is C[C@@H](O)[C@H](N[N+](=O)[O-])C(=O)O.[Na]. The summed E-state index contributed by atoms with van der Waals surface area (Å²) in [5.74, 6) is -1.46. The van der Waals surface area contributed by atoms with Crippen molar-refractivity contribution in [2.45, 2.75) is 19.1 Å². The fourth-order valence-electron chi connectivity index (χ4n) is 0.483. The number of nitrogens with zero attached hydrogens (tertiary/aromatic N) is 1. The van der Waals surface area contributed by atoms with Crippen molar-refractivity contribution in [2.75, 3.05) is 0 Å². The van der Waals surface area contributed by atoms with Crippen LogP contribution < -0.4 is 5.43 Å². The van der Waals surface area contributed by atoms with E-state index in [9.17, 15) is 14.9 Å². The normalized spacial score (nSPS) is 13.8. The number of nitro groups is 1. The fourth-order valence-corrected chi connectivity index (χ4v) is 0.483. The second kappa shape index (κ2) is 6.18. The average Bonchev–Trinajstić information content (AvgIpc) is 1.81.